The summed E-state index contributed by atoms with van der Waals surface area (Å²) in [6.45, 7) is 0.644. The summed E-state index contributed by atoms with van der Waals surface area (Å²) in [6.07, 6.45) is 0.625. The molecule has 1 fully saturated rings. The third-order valence-electron chi connectivity index (χ3n) is 4.25. The van der Waals surface area contributed by atoms with Crippen molar-refractivity contribution in [2.75, 3.05) is 18.1 Å². The van der Waals surface area contributed by atoms with E-state index in [1.54, 1.807) is 28.4 Å². The van der Waals surface area contributed by atoms with Crippen molar-refractivity contribution in [2.45, 2.75) is 25.4 Å². The second kappa shape index (κ2) is 8.32. The quantitative estimate of drug-likeness (QED) is 0.755. The topological polar surface area (TPSA) is 83.6 Å². The third-order valence-corrected chi connectivity index (χ3v) is 7.73. The number of hydrogen-bond acceptors (Lipinski definition) is 6. The highest BCUT2D eigenvalue weighted by Gasteiger charge is 2.34. The van der Waals surface area contributed by atoms with Gasteiger partial charge in [-0.25, -0.2) is 8.42 Å². The van der Waals surface area contributed by atoms with Crippen LogP contribution in [-0.4, -0.2) is 49.2 Å². The summed E-state index contributed by atoms with van der Waals surface area (Å²) in [5.74, 6) is -0.180. The maximum atomic E-state index is 12.7. The minimum Gasteiger partial charge on any atom is -0.351 e. The zero-order valence-corrected chi connectivity index (χ0v) is 16.5. The van der Waals surface area contributed by atoms with E-state index in [2.05, 4.69) is 5.32 Å². The van der Waals surface area contributed by atoms with E-state index in [0.29, 0.717) is 17.8 Å². The molecule has 2 amide bonds. The van der Waals surface area contributed by atoms with Crippen molar-refractivity contribution in [1.82, 2.24) is 10.2 Å². The van der Waals surface area contributed by atoms with E-state index in [0.717, 1.165) is 4.88 Å². The summed E-state index contributed by atoms with van der Waals surface area (Å²) < 4.78 is 23.6. The molecule has 9 heteroatoms. The van der Waals surface area contributed by atoms with Crippen LogP contribution in [0.1, 0.15) is 27.4 Å². The fourth-order valence-corrected chi connectivity index (χ4v) is 6.01. The second-order valence-electron chi connectivity index (χ2n) is 6.14. The first-order valence-corrected chi connectivity index (χ1v) is 11.9. The second-order valence-corrected chi connectivity index (χ2v) is 10.3. The number of rotatable bonds is 7. The van der Waals surface area contributed by atoms with Crippen LogP contribution >= 0.6 is 22.7 Å². The molecule has 2 aromatic rings. The van der Waals surface area contributed by atoms with Crippen molar-refractivity contribution < 1.29 is 18.0 Å². The number of sulfone groups is 1. The van der Waals surface area contributed by atoms with Gasteiger partial charge in [-0.3, -0.25) is 9.59 Å². The van der Waals surface area contributed by atoms with Crippen LogP contribution in [0.15, 0.2) is 35.0 Å². The first-order chi connectivity index (χ1) is 12.4. The Labute approximate surface area is 160 Å². The maximum Gasteiger partial charge on any atom is 0.261 e. The van der Waals surface area contributed by atoms with Crippen LogP contribution in [0.5, 0.6) is 0 Å². The summed E-state index contributed by atoms with van der Waals surface area (Å²) in [5.41, 5.74) is 0. The third kappa shape index (κ3) is 4.93. The highest BCUT2D eigenvalue weighted by molar-refractivity contribution is 7.91. The van der Waals surface area contributed by atoms with Crippen LogP contribution in [0.25, 0.3) is 0 Å². The lowest BCUT2D eigenvalue weighted by Crippen LogP contribution is -2.41. The molecular weight excluding hydrogens is 392 g/mol. The number of nitrogens with one attached hydrogen (secondary N) is 1. The fourth-order valence-electron chi connectivity index (χ4n) is 2.93. The standard InChI is InChI=1S/C17H20N2O4S3/c20-16(5-7-18-17(21)15-4-2-9-25-15)19(11-14-3-1-8-24-14)13-6-10-26(22,23)12-13/h1-4,8-9,13H,5-7,10-12H2,(H,18,21). The molecule has 1 aliphatic rings. The number of carbonyl (C=O) groups excluding carboxylic acids is 2. The van der Waals surface area contributed by atoms with E-state index in [1.165, 1.54) is 11.3 Å². The van der Waals surface area contributed by atoms with Gasteiger partial charge in [-0.05, 0) is 29.3 Å². The first kappa shape index (κ1) is 19.1. The monoisotopic (exact) mass is 412 g/mol. The Kier molecular flexibility index (Phi) is 6.10. The Hall–Kier alpha value is -1.71. The first-order valence-electron chi connectivity index (χ1n) is 8.28. The number of carbonyl (C=O) groups is 2. The van der Waals surface area contributed by atoms with Gasteiger partial charge in [-0.1, -0.05) is 12.1 Å². The van der Waals surface area contributed by atoms with E-state index < -0.39 is 9.84 Å². The number of thiophene rings is 2. The molecule has 140 valence electrons. The minimum absolute atomic E-state index is 0.0195. The predicted octanol–water partition coefficient (Wildman–Crippen LogP) is 2.15. The van der Waals surface area contributed by atoms with Crippen molar-refractivity contribution in [2.24, 2.45) is 0 Å². The highest BCUT2D eigenvalue weighted by atomic mass is 32.2. The van der Waals surface area contributed by atoms with Gasteiger partial charge in [0.25, 0.3) is 5.91 Å². The minimum atomic E-state index is -3.08. The van der Waals surface area contributed by atoms with Gasteiger partial charge in [0.15, 0.2) is 9.84 Å². The average molecular weight is 413 g/mol. The lowest BCUT2D eigenvalue weighted by molar-refractivity contribution is -0.133. The highest BCUT2D eigenvalue weighted by Crippen LogP contribution is 2.22. The lowest BCUT2D eigenvalue weighted by atomic mass is 10.2. The van der Waals surface area contributed by atoms with Gasteiger partial charge in [0.1, 0.15) is 0 Å². The van der Waals surface area contributed by atoms with Gasteiger partial charge < -0.3 is 10.2 Å². The van der Waals surface area contributed by atoms with Crippen molar-refractivity contribution in [3.05, 3.63) is 44.8 Å². The van der Waals surface area contributed by atoms with E-state index in [9.17, 15) is 18.0 Å². The van der Waals surface area contributed by atoms with Crippen molar-refractivity contribution in [3.63, 3.8) is 0 Å². The molecule has 26 heavy (non-hydrogen) atoms. The Bertz CT molecular complexity index is 845. The molecule has 1 atom stereocenters. The molecule has 0 spiro atoms. The van der Waals surface area contributed by atoms with Gasteiger partial charge in [0.2, 0.25) is 5.91 Å². The van der Waals surface area contributed by atoms with Crippen LogP contribution in [0.3, 0.4) is 0 Å². The maximum absolute atomic E-state index is 12.7. The molecule has 0 radical (unpaired) electrons. The molecular formula is C17H20N2O4S3. The van der Waals surface area contributed by atoms with Gasteiger partial charge in [0.05, 0.1) is 22.9 Å². The van der Waals surface area contributed by atoms with E-state index >= 15 is 0 Å². The molecule has 1 unspecified atom stereocenters. The molecule has 3 heterocycles. The predicted molar refractivity (Wildman–Crippen MR) is 103 cm³/mol. The van der Waals surface area contributed by atoms with Crippen molar-refractivity contribution in [1.29, 1.82) is 0 Å². The summed E-state index contributed by atoms with van der Waals surface area (Å²) in [7, 11) is -3.08. The normalized spacial score (nSPS) is 18.5. The van der Waals surface area contributed by atoms with Gasteiger partial charge in [0, 0.05) is 23.9 Å². The molecule has 6 nitrogen and oxygen atoms in total. The van der Waals surface area contributed by atoms with Gasteiger partial charge in [-0.2, -0.15) is 0 Å². The van der Waals surface area contributed by atoms with E-state index in [-0.39, 0.29) is 42.3 Å². The van der Waals surface area contributed by atoms with E-state index in [1.807, 2.05) is 22.9 Å². The van der Waals surface area contributed by atoms with Crippen LogP contribution in [-0.2, 0) is 21.2 Å². The molecule has 1 saturated heterocycles. The summed E-state index contributed by atoms with van der Waals surface area (Å²) in [4.78, 5) is 28.0. The average Bonchev–Trinajstić information content (AvgIpc) is 3.34. The molecule has 3 rings (SSSR count). The van der Waals surface area contributed by atoms with Crippen molar-refractivity contribution in [3.8, 4) is 0 Å². The molecule has 1 aliphatic heterocycles. The Morgan fingerprint density at radius 2 is 1.96 bits per heavy atom. The van der Waals surface area contributed by atoms with Crippen LogP contribution in [0.4, 0.5) is 0 Å². The largest absolute Gasteiger partial charge is 0.351 e. The Morgan fingerprint density at radius 3 is 2.58 bits per heavy atom. The molecule has 0 aromatic carbocycles. The van der Waals surface area contributed by atoms with Crippen molar-refractivity contribution >= 4 is 44.3 Å². The van der Waals surface area contributed by atoms with Crippen LogP contribution in [0.2, 0.25) is 0 Å². The van der Waals surface area contributed by atoms with E-state index in [4.69, 9.17) is 0 Å². The summed E-state index contributed by atoms with van der Waals surface area (Å²) >= 11 is 2.89. The Morgan fingerprint density at radius 1 is 1.19 bits per heavy atom. The molecule has 0 bridgehead atoms. The SMILES string of the molecule is O=C(NCCC(=O)N(Cc1cccs1)C1CCS(=O)(=O)C1)c1cccs1. The smallest absolute Gasteiger partial charge is 0.261 e. The fraction of sp³-hybridized carbons (Fsp3) is 0.412. The summed E-state index contributed by atoms with van der Waals surface area (Å²) in [6, 6.07) is 7.09. The molecule has 1 N–H and O–H groups in total. The summed E-state index contributed by atoms with van der Waals surface area (Å²) in [5, 5.41) is 6.50. The van der Waals surface area contributed by atoms with Crippen LogP contribution in [0, 0.1) is 0 Å². The zero-order chi connectivity index (χ0) is 18.6. The lowest BCUT2D eigenvalue weighted by Gasteiger charge is -2.28. The number of nitrogens with zero attached hydrogens (tertiary/aromatic N) is 1. The zero-order valence-electron chi connectivity index (χ0n) is 14.1. The van der Waals surface area contributed by atoms with Crippen LogP contribution < -0.4 is 5.32 Å². The number of amides is 2. The molecule has 0 aliphatic carbocycles. The van der Waals surface area contributed by atoms with Gasteiger partial charge >= 0.3 is 0 Å². The number of hydrogen-bond donors (Lipinski definition) is 1. The molecule has 2 aromatic heterocycles. The molecule has 0 saturated carbocycles. The Balaban J connectivity index is 1.60. The van der Waals surface area contributed by atoms with Gasteiger partial charge in [-0.15, -0.1) is 22.7 Å².